The van der Waals surface area contributed by atoms with Crippen LogP contribution >= 0.6 is 11.8 Å². The molecule has 0 saturated heterocycles. The molecule has 8 heteroatoms. The van der Waals surface area contributed by atoms with E-state index in [9.17, 15) is 20.0 Å². The molecule has 2 aromatic rings. The minimum Gasteiger partial charge on any atom is -0.507 e. The highest BCUT2D eigenvalue weighted by molar-refractivity contribution is 8.00. The van der Waals surface area contributed by atoms with Crippen LogP contribution in [0.2, 0.25) is 0 Å². The number of nitro groups is 1. The number of non-ortho nitro benzene ring substituents is 1. The number of rotatable bonds is 6. The molecule has 24 heavy (non-hydrogen) atoms. The molecule has 2 aromatic carbocycles. The second-order valence-electron chi connectivity index (χ2n) is 4.81. The van der Waals surface area contributed by atoms with Crippen molar-refractivity contribution in [2.45, 2.75) is 17.1 Å². The summed E-state index contributed by atoms with van der Waals surface area (Å²) in [6, 6.07) is 13.0. The van der Waals surface area contributed by atoms with Crippen LogP contribution in [0.4, 0.5) is 5.69 Å². The van der Waals surface area contributed by atoms with Gasteiger partial charge in [-0.25, -0.2) is 5.43 Å². The number of nitrogens with zero attached hydrogens (tertiary/aromatic N) is 2. The number of aromatic hydroxyl groups is 1. The van der Waals surface area contributed by atoms with Gasteiger partial charge >= 0.3 is 0 Å². The molecule has 0 fully saturated rings. The largest absolute Gasteiger partial charge is 0.507 e. The first kappa shape index (κ1) is 17.5. The Morgan fingerprint density at radius 1 is 1.33 bits per heavy atom. The SMILES string of the molecule is CC(Sc1ccccc1)C(=O)NN=Cc1cc([N+](=O)[O-])ccc1O. The second kappa shape index (κ2) is 8.11. The van der Waals surface area contributed by atoms with Crippen molar-refractivity contribution in [3.05, 3.63) is 64.2 Å². The van der Waals surface area contributed by atoms with Gasteiger partial charge in [-0.1, -0.05) is 18.2 Å². The van der Waals surface area contributed by atoms with Crippen LogP contribution in [0.15, 0.2) is 58.5 Å². The number of amides is 1. The molecule has 0 aromatic heterocycles. The number of hydrogen-bond donors (Lipinski definition) is 2. The smallest absolute Gasteiger partial charge is 0.270 e. The molecular weight excluding hydrogens is 330 g/mol. The summed E-state index contributed by atoms with van der Waals surface area (Å²) >= 11 is 1.38. The number of nitrogens with one attached hydrogen (secondary N) is 1. The number of thioether (sulfide) groups is 1. The maximum Gasteiger partial charge on any atom is 0.270 e. The lowest BCUT2D eigenvalue weighted by Gasteiger charge is -2.09. The quantitative estimate of drug-likeness (QED) is 0.362. The number of benzene rings is 2. The summed E-state index contributed by atoms with van der Waals surface area (Å²) in [5, 5.41) is 23.7. The molecule has 1 unspecified atom stereocenters. The van der Waals surface area contributed by atoms with Crippen molar-refractivity contribution < 1.29 is 14.8 Å². The van der Waals surface area contributed by atoms with Crippen LogP contribution in [-0.4, -0.2) is 27.4 Å². The third-order valence-corrected chi connectivity index (χ3v) is 4.14. The van der Waals surface area contributed by atoms with Gasteiger partial charge in [0.25, 0.3) is 11.6 Å². The molecule has 0 aliphatic heterocycles. The number of carbonyl (C=O) groups excluding carboxylic acids is 1. The molecule has 0 saturated carbocycles. The first-order chi connectivity index (χ1) is 11.5. The van der Waals surface area contributed by atoms with E-state index >= 15 is 0 Å². The van der Waals surface area contributed by atoms with Crippen LogP contribution in [0.1, 0.15) is 12.5 Å². The van der Waals surface area contributed by atoms with E-state index < -0.39 is 4.92 Å². The van der Waals surface area contributed by atoms with Crippen molar-refractivity contribution >= 4 is 29.6 Å². The maximum atomic E-state index is 12.0. The fraction of sp³-hybridized carbons (Fsp3) is 0.125. The van der Waals surface area contributed by atoms with Crippen LogP contribution in [-0.2, 0) is 4.79 Å². The average Bonchev–Trinajstić information content (AvgIpc) is 2.57. The molecule has 0 heterocycles. The zero-order valence-corrected chi connectivity index (χ0v) is 13.6. The Bertz CT molecular complexity index is 765. The minimum atomic E-state index is -0.575. The van der Waals surface area contributed by atoms with E-state index in [-0.39, 0.29) is 28.2 Å². The van der Waals surface area contributed by atoms with Crippen molar-refractivity contribution in [3.8, 4) is 5.75 Å². The standard InChI is InChI=1S/C16H15N3O4S/c1-11(24-14-5-3-2-4-6-14)16(21)18-17-10-12-9-13(19(22)23)7-8-15(12)20/h2-11,20H,1H3,(H,18,21). The van der Waals surface area contributed by atoms with Crippen LogP contribution in [0.3, 0.4) is 0 Å². The zero-order valence-electron chi connectivity index (χ0n) is 12.7. The summed E-state index contributed by atoms with van der Waals surface area (Å²) in [6.07, 6.45) is 1.17. The molecule has 7 nitrogen and oxygen atoms in total. The monoisotopic (exact) mass is 345 g/mol. The zero-order chi connectivity index (χ0) is 17.5. The molecule has 1 atom stereocenters. The van der Waals surface area contributed by atoms with Gasteiger partial charge in [0.05, 0.1) is 16.4 Å². The van der Waals surface area contributed by atoms with Crippen molar-refractivity contribution in [2.75, 3.05) is 0 Å². The van der Waals surface area contributed by atoms with E-state index in [0.717, 1.165) is 4.90 Å². The van der Waals surface area contributed by atoms with Gasteiger partial charge in [0, 0.05) is 22.6 Å². The fourth-order valence-corrected chi connectivity index (χ4v) is 2.65. The average molecular weight is 345 g/mol. The van der Waals surface area contributed by atoms with E-state index in [1.165, 1.54) is 36.2 Å². The third-order valence-electron chi connectivity index (χ3n) is 3.03. The highest BCUT2D eigenvalue weighted by Gasteiger charge is 2.13. The van der Waals surface area contributed by atoms with Gasteiger partial charge in [0.1, 0.15) is 5.75 Å². The number of nitro benzene ring substituents is 1. The maximum absolute atomic E-state index is 12.0. The Morgan fingerprint density at radius 2 is 2.04 bits per heavy atom. The molecule has 2 N–H and O–H groups in total. The fourth-order valence-electron chi connectivity index (χ4n) is 1.77. The summed E-state index contributed by atoms with van der Waals surface area (Å²) in [5.74, 6) is -0.477. The Kier molecular flexibility index (Phi) is 5.91. The highest BCUT2D eigenvalue weighted by Crippen LogP contribution is 2.23. The van der Waals surface area contributed by atoms with E-state index in [0.29, 0.717) is 0 Å². The van der Waals surface area contributed by atoms with Crippen molar-refractivity contribution in [3.63, 3.8) is 0 Å². The Labute approximate surface area is 142 Å². The topological polar surface area (TPSA) is 105 Å². The molecule has 0 bridgehead atoms. The van der Waals surface area contributed by atoms with Crippen LogP contribution in [0.5, 0.6) is 5.75 Å². The normalized spacial score (nSPS) is 12.0. The molecule has 0 radical (unpaired) electrons. The van der Waals surface area contributed by atoms with Crippen LogP contribution in [0, 0.1) is 10.1 Å². The molecule has 0 aliphatic rings. The Morgan fingerprint density at radius 3 is 2.71 bits per heavy atom. The number of hydrogen-bond acceptors (Lipinski definition) is 6. The predicted molar refractivity (Wildman–Crippen MR) is 92.3 cm³/mol. The Hall–Kier alpha value is -2.87. The van der Waals surface area contributed by atoms with Gasteiger partial charge < -0.3 is 5.11 Å². The number of phenolic OH excluding ortho intramolecular Hbond substituents is 1. The first-order valence-electron chi connectivity index (χ1n) is 6.99. The second-order valence-corrected chi connectivity index (χ2v) is 6.22. The van der Waals surface area contributed by atoms with Gasteiger partial charge in [-0.05, 0) is 25.1 Å². The molecule has 124 valence electrons. The first-order valence-corrected chi connectivity index (χ1v) is 7.87. The number of phenols is 1. The molecule has 2 rings (SSSR count). The number of carbonyl (C=O) groups is 1. The minimum absolute atomic E-state index is 0.146. The van der Waals surface area contributed by atoms with Gasteiger partial charge in [-0.2, -0.15) is 5.10 Å². The van der Waals surface area contributed by atoms with Crippen molar-refractivity contribution in [2.24, 2.45) is 5.10 Å². The summed E-state index contributed by atoms with van der Waals surface area (Å²) in [4.78, 5) is 23.1. The summed E-state index contributed by atoms with van der Waals surface area (Å²) < 4.78 is 0. The molecular formula is C16H15N3O4S. The van der Waals surface area contributed by atoms with Crippen LogP contribution in [0.25, 0.3) is 0 Å². The lowest BCUT2D eigenvalue weighted by molar-refractivity contribution is -0.384. The van der Waals surface area contributed by atoms with Crippen molar-refractivity contribution in [1.82, 2.24) is 5.43 Å². The number of hydrazone groups is 1. The predicted octanol–water partition coefficient (Wildman–Crippen LogP) is 2.93. The van der Waals surface area contributed by atoms with Crippen LogP contribution < -0.4 is 5.43 Å². The van der Waals surface area contributed by atoms with E-state index in [1.807, 2.05) is 30.3 Å². The molecule has 1 amide bonds. The van der Waals surface area contributed by atoms with Crippen molar-refractivity contribution in [1.29, 1.82) is 0 Å². The summed E-state index contributed by atoms with van der Waals surface area (Å²) in [7, 11) is 0. The summed E-state index contributed by atoms with van der Waals surface area (Å²) in [6.45, 7) is 1.74. The van der Waals surface area contributed by atoms with Gasteiger partial charge in [-0.15, -0.1) is 11.8 Å². The lowest BCUT2D eigenvalue weighted by Crippen LogP contribution is -2.26. The summed E-state index contributed by atoms with van der Waals surface area (Å²) in [5.41, 5.74) is 2.33. The van der Waals surface area contributed by atoms with Gasteiger partial charge in [-0.3, -0.25) is 14.9 Å². The van der Waals surface area contributed by atoms with Gasteiger partial charge in [0.2, 0.25) is 0 Å². The third kappa shape index (κ3) is 4.82. The van der Waals surface area contributed by atoms with E-state index in [4.69, 9.17) is 0 Å². The van der Waals surface area contributed by atoms with E-state index in [2.05, 4.69) is 10.5 Å². The lowest BCUT2D eigenvalue weighted by atomic mass is 10.2. The molecule has 0 spiro atoms. The Balaban J connectivity index is 1.97. The molecule has 0 aliphatic carbocycles. The highest BCUT2D eigenvalue weighted by atomic mass is 32.2. The van der Waals surface area contributed by atoms with E-state index in [1.54, 1.807) is 6.92 Å². The van der Waals surface area contributed by atoms with Gasteiger partial charge in [0.15, 0.2) is 0 Å².